The highest BCUT2D eigenvalue weighted by molar-refractivity contribution is 7.17. The van der Waals surface area contributed by atoms with Gasteiger partial charge in [-0.1, -0.05) is 0 Å². The van der Waals surface area contributed by atoms with E-state index in [1.807, 2.05) is 24.3 Å². The van der Waals surface area contributed by atoms with E-state index in [0.717, 1.165) is 21.9 Å². The number of carbonyl (C=O) groups excluding carboxylic acids is 2. The van der Waals surface area contributed by atoms with E-state index in [1.54, 1.807) is 30.3 Å². The van der Waals surface area contributed by atoms with E-state index in [2.05, 4.69) is 10.6 Å². The Kier molecular flexibility index (Phi) is 4.99. The lowest BCUT2D eigenvalue weighted by Crippen LogP contribution is -2.15. The molecule has 0 bridgehead atoms. The molecule has 7 heteroatoms. The Balaban J connectivity index is 1.46. The Morgan fingerprint density at radius 3 is 2.25 bits per heavy atom. The minimum Gasteiger partial charge on any atom is -0.486 e. The molecule has 0 unspecified atom stereocenters. The molecule has 0 aliphatic carbocycles. The van der Waals surface area contributed by atoms with Crippen LogP contribution in [-0.2, 0) is 4.79 Å². The third kappa shape index (κ3) is 3.99. The first-order valence-electron chi connectivity index (χ1n) is 8.77. The summed E-state index contributed by atoms with van der Waals surface area (Å²) in [5, 5.41) is 5.56. The Hall–Kier alpha value is -3.32. The molecule has 2 aromatic carbocycles. The SMILES string of the molecule is CC(=O)Nc1ccc(NC(=O)c2ccc(-c3ccc4c(c3)OCCO4)s2)cc1. The predicted octanol–water partition coefficient (Wildman–Crippen LogP) is 4.40. The molecule has 2 amide bonds. The predicted molar refractivity (Wildman–Crippen MR) is 109 cm³/mol. The molecule has 28 heavy (non-hydrogen) atoms. The Morgan fingerprint density at radius 2 is 1.54 bits per heavy atom. The summed E-state index contributed by atoms with van der Waals surface area (Å²) >= 11 is 1.41. The topological polar surface area (TPSA) is 76.7 Å². The fraction of sp³-hybridized carbons (Fsp3) is 0.143. The second-order valence-corrected chi connectivity index (χ2v) is 7.32. The van der Waals surface area contributed by atoms with Crippen LogP contribution in [0.3, 0.4) is 0 Å². The van der Waals surface area contributed by atoms with Gasteiger partial charge in [0.05, 0.1) is 4.88 Å². The van der Waals surface area contributed by atoms with E-state index in [4.69, 9.17) is 9.47 Å². The first-order chi connectivity index (χ1) is 13.6. The standard InChI is InChI=1S/C21H18N2O4S/c1-13(24)22-15-3-5-16(6-4-15)23-21(25)20-9-8-19(28-20)14-2-7-17-18(12-14)27-11-10-26-17/h2-9,12H,10-11H2,1H3,(H,22,24)(H,23,25). The fourth-order valence-electron chi connectivity index (χ4n) is 2.84. The van der Waals surface area contributed by atoms with Crippen LogP contribution in [0.4, 0.5) is 11.4 Å². The van der Waals surface area contributed by atoms with Crippen molar-refractivity contribution in [3.63, 3.8) is 0 Å². The smallest absolute Gasteiger partial charge is 0.265 e. The zero-order valence-corrected chi connectivity index (χ0v) is 16.0. The Morgan fingerprint density at radius 1 is 0.857 bits per heavy atom. The van der Waals surface area contributed by atoms with Gasteiger partial charge in [-0.25, -0.2) is 0 Å². The molecule has 0 atom stereocenters. The van der Waals surface area contributed by atoms with Gasteiger partial charge < -0.3 is 20.1 Å². The molecule has 0 saturated heterocycles. The molecule has 4 rings (SSSR count). The van der Waals surface area contributed by atoms with E-state index in [-0.39, 0.29) is 11.8 Å². The lowest BCUT2D eigenvalue weighted by atomic mass is 10.1. The maximum Gasteiger partial charge on any atom is 0.265 e. The van der Waals surface area contributed by atoms with Gasteiger partial charge >= 0.3 is 0 Å². The van der Waals surface area contributed by atoms with E-state index in [0.29, 0.717) is 29.5 Å². The lowest BCUT2D eigenvalue weighted by Gasteiger charge is -2.18. The highest BCUT2D eigenvalue weighted by Crippen LogP contribution is 2.37. The molecular weight excluding hydrogens is 376 g/mol. The summed E-state index contributed by atoms with van der Waals surface area (Å²) in [5.74, 6) is 1.15. The molecule has 0 radical (unpaired) electrons. The third-order valence-corrected chi connectivity index (χ3v) is 5.25. The van der Waals surface area contributed by atoms with E-state index >= 15 is 0 Å². The quantitative estimate of drug-likeness (QED) is 0.688. The zero-order valence-electron chi connectivity index (χ0n) is 15.2. The molecule has 3 aromatic rings. The average Bonchev–Trinajstić information content (AvgIpc) is 3.19. The zero-order chi connectivity index (χ0) is 19.5. The number of nitrogens with one attached hydrogen (secondary N) is 2. The normalized spacial score (nSPS) is 12.3. The van der Waals surface area contributed by atoms with Crippen LogP contribution in [0, 0.1) is 0 Å². The van der Waals surface area contributed by atoms with Crippen LogP contribution in [0.25, 0.3) is 10.4 Å². The highest BCUT2D eigenvalue weighted by Gasteiger charge is 2.15. The van der Waals surface area contributed by atoms with Crippen LogP contribution in [0.5, 0.6) is 11.5 Å². The maximum atomic E-state index is 12.5. The van der Waals surface area contributed by atoms with Gasteiger partial charge in [0, 0.05) is 23.2 Å². The second-order valence-electron chi connectivity index (χ2n) is 6.23. The summed E-state index contributed by atoms with van der Waals surface area (Å²) in [6.07, 6.45) is 0. The minimum atomic E-state index is -0.180. The number of rotatable bonds is 4. The summed E-state index contributed by atoms with van der Waals surface area (Å²) in [6.45, 7) is 2.54. The van der Waals surface area contributed by atoms with Crippen molar-refractivity contribution in [2.45, 2.75) is 6.92 Å². The summed E-state index contributed by atoms with van der Waals surface area (Å²) in [4.78, 5) is 25.2. The molecule has 0 spiro atoms. The van der Waals surface area contributed by atoms with Crippen LogP contribution in [0.2, 0.25) is 0 Å². The van der Waals surface area contributed by atoms with E-state index < -0.39 is 0 Å². The summed E-state index contributed by atoms with van der Waals surface area (Å²) < 4.78 is 11.2. The van der Waals surface area contributed by atoms with Gasteiger partial charge in [0.15, 0.2) is 11.5 Å². The van der Waals surface area contributed by atoms with Crippen LogP contribution in [0.1, 0.15) is 16.6 Å². The number of fused-ring (bicyclic) bond motifs is 1. The van der Waals surface area contributed by atoms with Crippen molar-refractivity contribution in [2.24, 2.45) is 0 Å². The molecular formula is C21H18N2O4S. The summed E-state index contributed by atoms with van der Waals surface area (Å²) in [5.41, 5.74) is 2.32. The number of thiophene rings is 1. The maximum absolute atomic E-state index is 12.5. The summed E-state index contributed by atoms with van der Waals surface area (Å²) in [7, 11) is 0. The molecule has 2 N–H and O–H groups in total. The van der Waals surface area contributed by atoms with Gasteiger partial charge in [0.1, 0.15) is 13.2 Å². The molecule has 6 nitrogen and oxygen atoms in total. The first-order valence-corrected chi connectivity index (χ1v) is 9.59. The molecule has 2 heterocycles. The number of ether oxygens (including phenoxy) is 2. The van der Waals surface area contributed by atoms with Gasteiger partial charge in [-0.15, -0.1) is 11.3 Å². The van der Waals surface area contributed by atoms with Crippen LogP contribution in [0.15, 0.2) is 54.6 Å². The van der Waals surface area contributed by atoms with Crippen LogP contribution >= 0.6 is 11.3 Å². The van der Waals surface area contributed by atoms with Crippen molar-refractivity contribution >= 4 is 34.5 Å². The Bertz CT molecular complexity index is 1030. The number of anilines is 2. The van der Waals surface area contributed by atoms with Crippen molar-refractivity contribution in [3.05, 3.63) is 59.5 Å². The molecule has 1 aromatic heterocycles. The van der Waals surface area contributed by atoms with Crippen molar-refractivity contribution in [3.8, 4) is 21.9 Å². The van der Waals surface area contributed by atoms with Crippen LogP contribution < -0.4 is 20.1 Å². The number of carbonyl (C=O) groups is 2. The number of hydrogen-bond donors (Lipinski definition) is 2. The molecule has 1 aliphatic rings. The van der Waals surface area contributed by atoms with Crippen LogP contribution in [-0.4, -0.2) is 25.0 Å². The van der Waals surface area contributed by atoms with E-state index in [1.165, 1.54) is 18.3 Å². The molecule has 0 saturated carbocycles. The van der Waals surface area contributed by atoms with Gasteiger partial charge in [0.2, 0.25) is 5.91 Å². The van der Waals surface area contributed by atoms with E-state index in [9.17, 15) is 9.59 Å². The largest absolute Gasteiger partial charge is 0.486 e. The van der Waals surface area contributed by atoms with Gasteiger partial charge in [-0.05, 0) is 60.2 Å². The monoisotopic (exact) mass is 394 g/mol. The number of hydrogen-bond acceptors (Lipinski definition) is 5. The van der Waals surface area contributed by atoms with Gasteiger partial charge in [0.25, 0.3) is 5.91 Å². The second kappa shape index (κ2) is 7.74. The van der Waals surface area contributed by atoms with Crippen molar-refractivity contribution < 1.29 is 19.1 Å². The third-order valence-electron chi connectivity index (χ3n) is 4.12. The van der Waals surface area contributed by atoms with Crippen molar-refractivity contribution in [1.29, 1.82) is 0 Å². The highest BCUT2D eigenvalue weighted by atomic mass is 32.1. The van der Waals surface area contributed by atoms with Gasteiger partial charge in [-0.2, -0.15) is 0 Å². The average molecular weight is 394 g/mol. The fourth-order valence-corrected chi connectivity index (χ4v) is 3.74. The molecule has 0 fully saturated rings. The molecule has 1 aliphatic heterocycles. The van der Waals surface area contributed by atoms with Crippen molar-refractivity contribution in [2.75, 3.05) is 23.8 Å². The minimum absolute atomic E-state index is 0.137. The number of benzene rings is 2. The van der Waals surface area contributed by atoms with Crippen molar-refractivity contribution in [1.82, 2.24) is 0 Å². The Labute approximate surface area is 166 Å². The summed E-state index contributed by atoms with van der Waals surface area (Å²) in [6, 6.07) is 16.5. The van der Waals surface area contributed by atoms with Gasteiger partial charge in [-0.3, -0.25) is 9.59 Å². The molecule has 142 valence electrons. The number of amides is 2. The first kappa shape index (κ1) is 18.1. The lowest BCUT2D eigenvalue weighted by molar-refractivity contribution is -0.114.